The molecule has 1 amide bonds. The molecule has 0 unspecified atom stereocenters. The average molecular weight is 328 g/mol. The molecule has 0 spiro atoms. The fraction of sp³-hybridized carbons (Fsp3) is 0.444. The van der Waals surface area contributed by atoms with Gasteiger partial charge in [0.2, 0.25) is 5.91 Å². The number of aromatic nitrogens is 2. The molecule has 1 aromatic carbocycles. The highest BCUT2D eigenvalue weighted by atomic mass is 16.5. The summed E-state index contributed by atoms with van der Waals surface area (Å²) in [5, 5.41) is 4.21. The maximum atomic E-state index is 12.6. The monoisotopic (exact) mass is 328 g/mol. The van der Waals surface area contributed by atoms with Gasteiger partial charge in [-0.3, -0.25) is 9.48 Å². The number of amides is 1. The van der Waals surface area contributed by atoms with E-state index in [1.54, 1.807) is 11.8 Å². The predicted molar refractivity (Wildman–Crippen MR) is 93.4 cm³/mol. The number of aryl methyl sites for hydroxylation is 2. The van der Waals surface area contributed by atoms with Crippen LogP contribution in [0, 0.1) is 6.92 Å². The van der Waals surface area contributed by atoms with Gasteiger partial charge in [0.15, 0.2) is 0 Å². The van der Waals surface area contributed by atoms with Gasteiger partial charge >= 0.3 is 0 Å². The number of nitrogens with zero attached hydrogens (tertiary/aromatic N) is 4. The fourth-order valence-corrected chi connectivity index (χ4v) is 3.05. The quantitative estimate of drug-likeness (QED) is 0.856. The number of methoxy groups -OCH3 is 1. The van der Waals surface area contributed by atoms with Crippen molar-refractivity contribution in [2.24, 2.45) is 7.05 Å². The number of benzene rings is 1. The van der Waals surface area contributed by atoms with Crippen molar-refractivity contribution >= 4 is 11.6 Å². The largest absolute Gasteiger partial charge is 0.497 e. The molecule has 0 N–H and O–H groups in total. The van der Waals surface area contributed by atoms with Gasteiger partial charge in [0.1, 0.15) is 5.75 Å². The molecular weight excluding hydrogens is 304 g/mol. The molecule has 0 saturated carbocycles. The van der Waals surface area contributed by atoms with Gasteiger partial charge in [-0.2, -0.15) is 5.10 Å². The Morgan fingerprint density at radius 3 is 2.58 bits per heavy atom. The van der Waals surface area contributed by atoms with Crippen LogP contribution in [-0.2, 0) is 18.3 Å². The first kappa shape index (κ1) is 16.4. The Labute approximate surface area is 142 Å². The summed E-state index contributed by atoms with van der Waals surface area (Å²) in [6.07, 6.45) is 4.33. The molecular formula is C18H24N4O2. The van der Waals surface area contributed by atoms with E-state index in [1.165, 1.54) is 0 Å². The summed E-state index contributed by atoms with van der Waals surface area (Å²) in [6.45, 7) is 5.22. The Hall–Kier alpha value is -2.50. The number of carbonyl (C=O) groups excluding carboxylic acids is 1. The molecule has 1 aromatic heterocycles. The zero-order chi connectivity index (χ0) is 17.1. The molecule has 1 fully saturated rings. The van der Waals surface area contributed by atoms with Crippen LogP contribution in [0.25, 0.3) is 0 Å². The van der Waals surface area contributed by atoms with E-state index in [-0.39, 0.29) is 5.91 Å². The summed E-state index contributed by atoms with van der Waals surface area (Å²) in [6, 6.07) is 5.87. The second-order valence-corrected chi connectivity index (χ2v) is 6.21. The minimum Gasteiger partial charge on any atom is -0.497 e. The van der Waals surface area contributed by atoms with E-state index in [9.17, 15) is 4.79 Å². The molecule has 6 nitrogen and oxygen atoms in total. The van der Waals surface area contributed by atoms with E-state index in [4.69, 9.17) is 4.74 Å². The normalized spacial score (nSPS) is 14.8. The molecule has 0 radical (unpaired) electrons. The minimum absolute atomic E-state index is 0.189. The maximum Gasteiger partial charge on any atom is 0.227 e. The predicted octanol–water partition coefficient (Wildman–Crippen LogP) is 1.63. The minimum atomic E-state index is 0.189. The highest BCUT2D eigenvalue weighted by molar-refractivity contribution is 5.79. The Kier molecular flexibility index (Phi) is 4.74. The van der Waals surface area contributed by atoms with Crippen molar-refractivity contribution in [3.05, 3.63) is 41.7 Å². The summed E-state index contributed by atoms with van der Waals surface area (Å²) < 4.78 is 7.02. The molecule has 2 aromatic rings. The highest BCUT2D eigenvalue weighted by Crippen LogP contribution is 2.19. The number of piperazine rings is 1. The lowest BCUT2D eigenvalue weighted by Gasteiger charge is -2.35. The average Bonchev–Trinajstić information content (AvgIpc) is 3.03. The maximum absolute atomic E-state index is 12.6. The number of ether oxygens (including phenoxy) is 1. The van der Waals surface area contributed by atoms with Crippen LogP contribution >= 0.6 is 0 Å². The number of anilines is 1. The van der Waals surface area contributed by atoms with E-state index in [0.29, 0.717) is 6.42 Å². The van der Waals surface area contributed by atoms with Gasteiger partial charge in [-0.25, -0.2) is 0 Å². The summed E-state index contributed by atoms with van der Waals surface area (Å²) in [4.78, 5) is 16.8. The topological polar surface area (TPSA) is 50.6 Å². The van der Waals surface area contributed by atoms with E-state index < -0.39 is 0 Å². The molecule has 0 aliphatic carbocycles. The third-order valence-corrected chi connectivity index (χ3v) is 4.58. The number of carbonyl (C=O) groups is 1. The van der Waals surface area contributed by atoms with E-state index in [2.05, 4.69) is 10.00 Å². The van der Waals surface area contributed by atoms with Crippen LogP contribution < -0.4 is 9.64 Å². The van der Waals surface area contributed by atoms with Crippen molar-refractivity contribution < 1.29 is 9.53 Å². The molecule has 1 saturated heterocycles. The summed E-state index contributed by atoms with van der Waals surface area (Å²) in [5.74, 6) is 1.02. The van der Waals surface area contributed by atoms with E-state index in [1.807, 2.05) is 49.5 Å². The van der Waals surface area contributed by atoms with Crippen LogP contribution in [0.15, 0.2) is 30.6 Å². The van der Waals surface area contributed by atoms with E-state index >= 15 is 0 Å². The smallest absolute Gasteiger partial charge is 0.227 e. The molecule has 24 heavy (non-hydrogen) atoms. The van der Waals surface area contributed by atoms with Crippen LogP contribution in [0.3, 0.4) is 0 Å². The second-order valence-electron chi connectivity index (χ2n) is 6.21. The lowest BCUT2D eigenvalue weighted by molar-refractivity contribution is -0.130. The summed E-state index contributed by atoms with van der Waals surface area (Å²) in [7, 11) is 3.57. The van der Waals surface area contributed by atoms with Crippen LogP contribution in [0.2, 0.25) is 0 Å². The molecule has 1 aliphatic rings. The van der Waals surface area contributed by atoms with Crippen LogP contribution in [0.4, 0.5) is 5.69 Å². The van der Waals surface area contributed by atoms with Gasteiger partial charge < -0.3 is 14.5 Å². The number of hydrogen-bond acceptors (Lipinski definition) is 4. The van der Waals surface area contributed by atoms with Crippen molar-refractivity contribution in [2.75, 3.05) is 38.2 Å². The van der Waals surface area contributed by atoms with Crippen LogP contribution in [0.1, 0.15) is 11.1 Å². The second kappa shape index (κ2) is 6.95. The standard InChI is InChI=1S/C18H24N4O2/c1-14-10-17(24-3)5-4-15(14)11-18(23)22-8-6-21(7-9-22)16-12-19-20(2)13-16/h4-5,10,12-13H,6-9,11H2,1-3H3. The van der Waals surface area contributed by atoms with Crippen LogP contribution in [0.5, 0.6) is 5.75 Å². The molecule has 0 bridgehead atoms. The SMILES string of the molecule is COc1ccc(CC(=O)N2CCN(c3cnn(C)c3)CC2)c(C)c1. The van der Waals surface area contributed by atoms with Gasteiger partial charge in [0.25, 0.3) is 0 Å². The van der Waals surface area contributed by atoms with Crippen molar-refractivity contribution in [3.63, 3.8) is 0 Å². The molecule has 3 rings (SSSR count). The van der Waals surface area contributed by atoms with E-state index in [0.717, 1.165) is 48.7 Å². The van der Waals surface area contributed by atoms with Gasteiger partial charge in [0, 0.05) is 39.4 Å². The van der Waals surface area contributed by atoms with Gasteiger partial charge in [-0.05, 0) is 30.2 Å². The molecule has 0 atom stereocenters. The molecule has 6 heteroatoms. The van der Waals surface area contributed by atoms with Gasteiger partial charge in [0.05, 0.1) is 25.4 Å². The Morgan fingerprint density at radius 1 is 1.25 bits per heavy atom. The third kappa shape index (κ3) is 3.53. The zero-order valence-corrected chi connectivity index (χ0v) is 14.5. The van der Waals surface area contributed by atoms with Crippen molar-refractivity contribution in [3.8, 4) is 5.75 Å². The summed E-state index contributed by atoms with van der Waals surface area (Å²) >= 11 is 0. The third-order valence-electron chi connectivity index (χ3n) is 4.58. The Morgan fingerprint density at radius 2 is 2.00 bits per heavy atom. The van der Waals surface area contributed by atoms with Crippen molar-refractivity contribution in [1.82, 2.24) is 14.7 Å². The van der Waals surface area contributed by atoms with Gasteiger partial charge in [-0.1, -0.05) is 6.07 Å². The number of hydrogen-bond donors (Lipinski definition) is 0. The molecule has 1 aliphatic heterocycles. The summed E-state index contributed by atoms with van der Waals surface area (Å²) in [5.41, 5.74) is 3.28. The first-order valence-corrected chi connectivity index (χ1v) is 8.21. The lowest BCUT2D eigenvalue weighted by Crippen LogP contribution is -2.49. The highest BCUT2D eigenvalue weighted by Gasteiger charge is 2.22. The fourth-order valence-electron chi connectivity index (χ4n) is 3.05. The number of rotatable bonds is 4. The molecule has 128 valence electrons. The van der Waals surface area contributed by atoms with Crippen molar-refractivity contribution in [1.29, 1.82) is 0 Å². The first-order chi connectivity index (χ1) is 11.6. The Bertz CT molecular complexity index is 718. The lowest BCUT2D eigenvalue weighted by atomic mass is 10.0. The van der Waals surface area contributed by atoms with Crippen molar-refractivity contribution in [2.45, 2.75) is 13.3 Å². The first-order valence-electron chi connectivity index (χ1n) is 8.21. The van der Waals surface area contributed by atoms with Crippen LogP contribution in [-0.4, -0.2) is 53.9 Å². The Balaban J connectivity index is 1.57. The molecule has 2 heterocycles. The zero-order valence-electron chi connectivity index (χ0n) is 14.5. The van der Waals surface area contributed by atoms with Gasteiger partial charge in [-0.15, -0.1) is 0 Å².